The van der Waals surface area contributed by atoms with Crippen molar-refractivity contribution in [2.24, 2.45) is 16.2 Å². The highest BCUT2D eigenvalue weighted by Crippen LogP contribution is 2.22. The predicted octanol–water partition coefficient (Wildman–Crippen LogP) is 4.54. The normalized spacial score (nSPS) is 19.3. The number of nitrogens with zero attached hydrogens (tertiary/aromatic N) is 4. The SMILES string of the molecule is Cc1ccc2c(n1)C(=NOCC(C)CON=C1CCCc3ccc(C)nc31)CCC2. The fourth-order valence-electron chi connectivity index (χ4n) is 3.91. The molecule has 0 bridgehead atoms. The molecule has 6 nitrogen and oxygen atoms in total. The van der Waals surface area contributed by atoms with Crippen molar-refractivity contribution in [3.63, 3.8) is 0 Å². The van der Waals surface area contributed by atoms with Crippen LogP contribution in [0.4, 0.5) is 0 Å². The maximum absolute atomic E-state index is 5.65. The number of fused-ring (bicyclic) bond motifs is 2. The van der Waals surface area contributed by atoms with Gasteiger partial charge in [0.2, 0.25) is 0 Å². The lowest BCUT2D eigenvalue weighted by Crippen LogP contribution is -2.17. The molecule has 2 aliphatic rings. The number of hydrogen-bond donors (Lipinski definition) is 0. The summed E-state index contributed by atoms with van der Waals surface area (Å²) in [5.41, 5.74) is 8.44. The Morgan fingerprint density at radius 3 is 1.70 bits per heavy atom. The second kappa shape index (κ2) is 9.37. The Balaban J connectivity index is 1.30. The Kier molecular flexibility index (Phi) is 6.41. The minimum absolute atomic E-state index is 0.181. The van der Waals surface area contributed by atoms with Crippen LogP contribution < -0.4 is 0 Å². The smallest absolute Gasteiger partial charge is 0.123 e. The molecule has 0 aromatic carbocycles. The third kappa shape index (κ3) is 4.86. The van der Waals surface area contributed by atoms with E-state index >= 15 is 0 Å². The lowest BCUT2D eigenvalue weighted by molar-refractivity contribution is 0.0508. The van der Waals surface area contributed by atoms with Crippen LogP contribution in [0.15, 0.2) is 34.6 Å². The number of pyridine rings is 2. The van der Waals surface area contributed by atoms with E-state index in [2.05, 4.69) is 51.5 Å². The van der Waals surface area contributed by atoms with Gasteiger partial charge in [-0.05, 0) is 75.6 Å². The largest absolute Gasteiger partial charge is 0.395 e. The molecular formula is C24H30N4O2. The zero-order chi connectivity index (χ0) is 20.9. The van der Waals surface area contributed by atoms with Gasteiger partial charge in [-0.3, -0.25) is 9.97 Å². The summed E-state index contributed by atoms with van der Waals surface area (Å²) in [6.07, 6.45) is 6.12. The van der Waals surface area contributed by atoms with Crippen molar-refractivity contribution >= 4 is 11.4 Å². The Morgan fingerprint density at radius 2 is 1.23 bits per heavy atom. The first-order valence-electron chi connectivity index (χ1n) is 10.9. The molecule has 2 aromatic rings. The molecule has 6 heteroatoms. The first-order chi connectivity index (χ1) is 14.6. The van der Waals surface area contributed by atoms with Crippen LogP contribution >= 0.6 is 0 Å². The van der Waals surface area contributed by atoms with E-state index in [9.17, 15) is 0 Å². The van der Waals surface area contributed by atoms with E-state index < -0.39 is 0 Å². The van der Waals surface area contributed by atoms with Crippen molar-refractivity contribution in [2.75, 3.05) is 13.2 Å². The molecule has 0 atom stereocenters. The van der Waals surface area contributed by atoms with Crippen molar-refractivity contribution in [3.8, 4) is 0 Å². The van der Waals surface area contributed by atoms with E-state index in [-0.39, 0.29) is 5.92 Å². The number of aryl methyl sites for hydroxylation is 4. The van der Waals surface area contributed by atoms with Crippen LogP contribution in [0.5, 0.6) is 0 Å². The lowest BCUT2D eigenvalue weighted by Gasteiger charge is -2.18. The number of rotatable bonds is 6. The maximum atomic E-state index is 5.65. The average molecular weight is 407 g/mol. The first-order valence-corrected chi connectivity index (χ1v) is 10.9. The van der Waals surface area contributed by atoms with Gasteiger partial charge in [0, 0.05) is 17.3 Å². The topological polar surface area (TPSA) is 69.0 Å². The molecule has 0 aliphatic heterocycles. The van der Waals surface area contributed by atoms with Gasteiger partial charge < -0.3 is 9.68 Å². The maximum Gasteiger partial charge on any atom is 0.123 e. The van der Waals surface area contributed by atoms with E-state index in [1.807, 2.05) is 13.8 Å². The van der Waals surface area contributed by atoms with Gasteiger partial charge in [-0.1, -0.05) is 29.4 Å². The molecule has 0 radical (unpaired) electrons. The van der Waals surface area contributed by atoms with Gasteiger partial charge in [0.25, 0.3) is 0 Å². The van der Waals surface area contributed by atoms with Crippen LogP contribution in [-0.4, -0.2) is 34.6 Å². The molecule has 2 aromatic heterocycles. The first kappa shape index (κ1) is 20.5. The minimum Gasteiger partial charge on any atom is -0.395 e. The Labute approximate surface area is 178 Å². The summed E-state index contributed by atoms with van der Waals surface area (Å²) in [6.45, 7) is 7.08. The third-order valence-corrected chi connectivity index (χ3v) is 5.57. The summed E-state index contributed by atoms with van der Waals surface area (Å²) in [4.78, 5) is 20.6. The molecular weight excluding hydrogens is 376 g/mol. The van der Waals surface area contributed by atoms with Crippen LogP contribution in [0.3, 0.4) is 0 Å². The molecule has 0 saturated heterocycles. The average Bonchev–Trinajstić information content (AvgIpc) is 2.74. The zero-order valence-corrected chi connectivity index (χ0v) is 18.1. The van der Waals surface area contributed by atoms with Crippen molar-refractivity contribution in [2.45, 2.75) is 59.3 Å². The summed E-state index contributed by atoms with van der Waals surface area (Å²) in [7, 11) is 0. The van der Waals surface area contributed by atoms with Gasteiger partial charge in [0.05, 0.1) is 11.4 Å². The summed E-state index contributed by atoms with van der Waals surface area (Å²) in [5.74, 6) is 0.181. The highest BCUT2D eigenvalue weighted by molar-refractivity contribution is 6.01. The Bertz CT molecular complexity index is 890. The van der Waals surface area contributed by atoms with Gasteiger partial charge in [0.15, 0.2) is 0 Å². The van der Waals surface area contributed by atoms with Crippen LogP contribution in [0.2, 0.25) is 0 Å². The minimum atomic E-state index is 0.181. The highest BCUT2D eigenvalue weighted by atomic mass is 16.6. The van der Waals surface area contributed by atoms with E-state index in [4.69, 9.17) is 9.68 Å². The standard InChI is InChI=1S/C24H30N4O2/c1-16(14-29-27-21-8-4-6-19-12-10-17(2)25-23(19)21)15-30-28-22-9-5-7-20-13-11-18(3)26-24(20)22/h10-13,16H,4-9,14-15H2,1-3H3. The molecule has 0 N–H and O–H groups in total. The van der Waals surface area contributed by atoms with E-state index in [1.165, 1.54) is 11.1 Å². The molecule has 0 saturated carbocycles. The van der Waals surface area contributed by atoms with Crippen LogP contribution in [0, 0.1) is 19.8 Å². The van der Waals surface area contributed by atoms with Gasteiger partial charge in [-0.25, -0.2) is 0 Å². The monoisotopic (exact) mass is 406 g/mol. The van der Waals surface area contributed by atoms with Crippen LogP contribution in [0.25, 0.3) is 0 Å². The molecule has 0 spiro atoms. The predicted molar refractivity (Wildman–Crippen MR) is 118 cm³/mol. The highest BCUT2D eigenvalue weighted by Gasteiger charge is 2.19. The number of hydrogen-bond acceptors (Lipinski definition) is 6. The van der Waals surface area contributed by atoms with Crippen molar-refractivity contribution in [3.05, 3.63) is 58.2 Å². The molecule has 4 rings (SSSR count). The number of oxime groups is 2. The van der Waals surface area contributed by atoms with Crippen molar-refractivity contribution in [1.29, 1.82) is 0 Å². The van der Waals surface area contributed by atoms with Crippen LogP contribution in [-0.2, 0) is 22.5 Å². The second-order valence-corrected chi connectivity index (χ2v) is 8.40. The van der Waals surface area contributed by atoms with Gasteiger partial charge in [-0.2, -0.15) is 0 Å². The van der Waals surface area contributed by atoms with Crippen molar-refractivity contribution in [1.82, 2.24) is 9.97 Å². The Morgan fingerprint density at radius 1 is 0.767 bits per heavy atom. The van der Waals surface area contributed by atoms with Crippen LogP contribution in [0.1, 0.15) is 66.5 Å². The Hall–Kier alpha value is -2.76. The third-order valence-electron chi connectivity index (χ3n) is 5.57. The molecule has 30 heavy (non-hydrogen) atoms. The molecule has 0 amide bonds. The fraction of sp³-hybridized carbons (Fsp3) is 0.500. The summed E-state index contributed by atoms with van der Waals surface area (Å²) in [5, 5.41) is 8.79. The quantitative estimate of drug-likeness (QED) is 0.660. The van der Waals surface area contributed by atoms with E-state index in [1.54, 1.807) is 0 Å². The molecule has 2 heterocycles. The van der Waals surface area contributed by atoms with Gasteiger partial charge >= 0.3 is 0 Å². The molecule has 0 fully saturated rings. The zero-order valence-electron chi connectivity index (χ0n) is 18.1. The lowest BCUT2D eigenvalue weighted by atomic mass is 9.94. The van der Waals surface area contributed by atoms with E-state index in [0.717, 1.165) is 72.7 Å². The van der Waals surface area contributed by atoms with Gasteiger partial charge in [-0.15, -0.1) is 0 Å². The molecule has 2 aliphatic carbocycles. The van der Waals surface area contributed by atoms with E-state index in [0.29, 0.717) is 13.2 Å². The van der Waals surface area contributed by atoms with Gasteiger partial charge in [0.1, 0.15) is 24.6 Å². The number of aromatic nitrogens is 2. The van der Waals surface area contributed by atoms with Crippen molar-refractivity contribution < 1.29 is 9.68 Å². The summed E-state index contributed by atoms with van der Waals surface area (Å²) in [6, 6.07) is 8.43. The molecule has 0 unspecified atom stereocenters. The summed E-state index contributed by atoms with van der Waals surface area (Å²) < 4.78 is 0. The summed E-state index contributed by atoms with van der Waals surface area (Å²) >= 11 is 0. The second-order valence-electron chi connectivity index (χ2n) is 8.40. The molecule has 158 valence electrons. The fourth-order valence-corrected chi connectivity index (χ4v) is 3.91.